The van der Waals surface area contributed by atoms with Gasteiger partial charge in [-0.1, -0.05) is 127 Å². The number of furan rings is 1. The molecule has 1 heteroatoms. The van der Waals surface area contributed by atoms with Gasteiger partial charge in [-0.25, -0.2) is 0 Å². The summed E-state index contributed by atoms with van der Waals surface area (Å²) in [6, 6.07) is 57.8. The van der Waals surface area contributed by atoms with Crippen LogP contribution in [0.1, 0.15) is 0 Å². The van der Waals surface area contributed by atoms with Gasteiger partial charge in [0.1, 0.15) is 11.2 Å². The highest BCUT2D eigenvalue weighted by Crippen LogP contribution is 2.45. The molecule has 11 rings (SSSR count). The Bertz CT molecular complexity index is 3070. The van der Waals surface area contributed by atoms with Gasteiger partial charge in [0.05, 0.1) is 0 Å². The SMILES string of the molecule is c1cc(-c2ccc3oc4c5ccccc5ccc4c3c2)cc(-c2ccc3c(c2)c2cccc4c5ccccc5c5cccc3c5c42)c1. The van der Waals surface area contributed by atoms with Crippen LogP contribution >= 0.6 is 0 Å². The molecule has 0 amide bonds. The van der Waals surface area contributed by atoms with Crippen molar-refractivity contribution < 1.29 is 4.42 Å². The van der Waals surface area contributed by atoms with Gasteiger partial charge >= 0.3 is 0 Å². The van der Waals surface area contributed by atoms with Crippen LogP contribution in [-0.2, 0) is 0 Å². The summed E-state index contributed by atoms with van der Waals surface area (Å²) in [5, 5.41) is 17.9. The fourth-order valence-electron chi connectivity index (χ4n) is 8.24. The molecule has 1 aromatic heterocycles. The third-order valence-corrected chi connectivity index (χ3v) is 10.4. The van der Waals surface area contributed by atoms with Crippen molar-refractivity contribution in [2.45, 2.75) is 0 Å². The molecule has 0 radical (unpaired) electrons. The van der Waals surface area contributed by atoms with Crippen LogP contribution in [0.3, 0.4) is 0 Å². The molecule has 0 bridgehead atoms. The van der Waals surface area contributed by atoms with Crippen LogP contribution < -0.4 is 0 Å². The lowest BCUT2D eigenvalue weighted by Gasteiger charge is -2.18. The maximum absolute atomic E-state index is 6.40. The van der Waals surface area contributed by atoms with Crippen molar-refractivity contribution in [2.75, 3.05) is 0 Å². The fraction of sp³-hybridized carbons (Fsp3) is 0. The molecule has 0 N–H and O–H groups in total. The molecule has 1 nitrogen and oxygen atoms in total. The first-order chi connectivity index (χ1) is 23.3. The van der Waals surface area contributed by atoms with Gasteiger partial charge < -0.3 is 4.42 Å². The summed E-state index contributed by atoms with van der Waals surface area (Å²) in [4.78, 5) is 0. The molecule has 0 spiro atoms. The first kappa shape index (κ1) is 25.1. The zero-order chi connectivity index (χ0) is 30.6. The minimum atomic E-state index is 0.920. The van der Waals surface area contributed by atoms with Gasteiger partial charge in [0.15, 0.2) is 0 Å². The second-order valence-corrected chi connectivity index (χ2v) is 12.8. The lowest BCUT2D eigenvalue weighted by molar-refractivity contribution is 0.672. The number of fused-ring (bicyclic) bond motifs is 11. The van der Waals surface area contributed by atoms with Crippen molar-refractivity contribution in [3.8, 4) is 22.3 Å². The van der Waals surface area contributed by atoms with E-state index >= 15 is 0 Å². The van der Waals surface area contributed by atoms with E-state index < -0.39 is 0 Å². The Morgan fingerprint density at radius 1 is 0.277 bits per heavy atom. The minimum Gasteiger partial charge on any atom is -0.455 e. The van der Waals surface area contributed by atoms with Crippen molar-refractivity contribution in [2.24, 2.45) is 0 Å². The number of benzene rings is 10. The highest BCUT2D eigenvalue weighted by Gasteiger charge is 2.17. The van der Waals surface area contributed by atoms with Crippen LogP contribution in [0.25, 0.3) is 109 Å². The van der Waals surface area contributed by atoms with Gasteiger partial charge in [0.25, 0.3) is 0 Å². The molecular weight excluding hydrogens is 569 g/mol. The average Bonchev–Trinajstić information content (AvgIpc) is 3.53. The normalized spacial score (nSPS) is 12.3. The Labute approximate surface area is 270 Å². The molecule has 0 fully saturated rings. The van der Waals surface area contributed by atoms with Gasteiger partial charge in [-0.05, 0) is 112 Å². The summed E-state index contributed by atoms with van der Waals surface area (Å²) < 4.78 is 6.40. The van der Waals surface area contributed by atoms with Crippen molar-refractivity contribution in [3.05, 3.63) is 158 Å². The lowest BCUT2D eigenvalue weighted by Crippen LogP contribution is -1.90. The standard InChI is InChI=1S/C46H26O/c1-2-11-32-27(8-1)18-22-40-42-26-31(20-23-43(42)47-46(32)40)29-10-5-9-28(24-29)30-19-21-35-38-16-6-14-36-33-12-3-4-13-34(33)37-15-7-17-39(41(35)25-30)45(37)44(36)38/h1-26H. The van der Waals surface area contributed by atoms with E-state index in [0.29, 0.717) is 0 Å². The third kappa shape index (κ3) is 3.43. The molecule has 0 saturated heterocycles. The quantitative estimate of drug-likeness (QED) is 0.143. The number of hydrogen-bond acceptors (Lipinski definition) is 1. The van der Waals surface area contributed by atoms with Crippen molar-refractivity contribution in [1.82, 2.24) is 0 Å². The van der Waals surface area contributed by atoms with Gasteiger partial charge in [0.2, 0.25) is 0 Å². The Hall–Kier alpha value is -6.18. The first-order valence-corrected chi connectivity index (χ1v) is 16.3. The van der Waals surface area contributed by atoms with Crippen molar-refractivity contribution >= 4 is 86.6 Å². The first-order valence-electron chi connectivity index (χ1n) is 16.3. The average molecular weight is 595 g/mol. The van der Waals surface area contributed by atoms with Crippen molar-refractivity contribution in [1.29, 1.82) is 0 Å². The van der Waals surface area contributed by atoms with Crippen LogP contribution in [0, 0.1) is 0 Å². The molecule has 0 atom stereocenters. The highest BCUT2D eigenvalue weighted by atomic mass is 16.3. The van der Waals surface area contributed by atoms with Crippen molar-refractivity contribution in [3.63, 3.8) is 0 Å². The summed E-state index contributed by atoms with van der Waals surface area (Å²) in [7, 11) is 0. The molecule has 0 aliphatic rings. The maximum atomic E-state index is 6.40. The molecule has 0 aliphatic carbocycles. The maximum Gasteiger partial charge on any atom is 0.143 e. The summed E-state index contributed by atoms with van der Waals surface area (Å²) >= 11 is 0. The molecule has 11 aromatic rings. The van der Waals surface area contributed by atoms with E-state index in [1.165, 1.54) is 81.5 Å². The van der Waals surface area contributed by atoms with Crippen LogP contribution in [0.4, 0.5) is 0 Å². The monoisotopic (exact) mass is 594 g/mol. The van der Waals surface area contributed by atoms with Gasteiger partial charge in [0, 0.05) is 16.2 Å². The molecule has 10 aromatic carbocycles. The molecular formula is C46H26O. The number of hydrogen-bond donors (Lipinski definition) is 0. The zero-order valence-corrected chi connectivity index (χ0v) is 25.4. The van der Waals surface area contributed by atoms with E-state index in [0.717, 1.165) is 27.3 Å². The second-order valence-electron chi connectivity index (χ2n) is 12.8. The predicted octanol–water partition coefficient (Wildman–Crippen LogP) is 13.3. The summed E-state index contributed by atoms with van der Waals surface area (Å²) in [5.74, 6) is 0. The van der Waals surface area contributed by atoms with Gasteiger partial charge in [-0.15, -0.1) is 0 Å². The van der Waals surface area contributed by atoms with E-state index in [-0.39, 0.29) is 0 Å². The van der Waals surface area contributed by atoms with Crippen LogP contribution in [0.15, 0.2) is 162 Å². The summed E-state index contributed by atoms with van der Waals surface area (Å²) in [6.45, 7) is 0. The van der Waals surface area contributed by atoms with E-state index in [4.69, 9.17) is 4.42 Å². The van der Waals surface area contributed by atoms with E-state index in [2.05, 4.69) is 158 Å². The Morgan fingerprint density at radius 2 is 0.766 bits per heavy atom. The van der Waals surface area contributed by atoms with E-state index in [1.54, 1.807) is 0 Å². The molecule has 0 aliphatic heterocycles. The summed E-state index contributed by atoms with van der Waals surface area (Å²) in [5.41, 5.74) is 6.69. The fourth-order valence-corrected chi connectivity index (χ4v) is 8.24. The van der Waals surface area contributed by atoms with Crippen LogP contribution in [0.5, 0.6) is 0 Å². The van der Waals surface area contributed by atoms with Crippen LogP contribution in [0.2, 0.25) is 0 Å². The van der Waals surface area contributed by atoms with E-state index in [1.807, 2.05) is 0 Å². The number of rotatable bonds is 2. The zero-order valence-electron chi connectivity index (χ0n) is 25.4. The Balaban J connectivity index is 1.11. The predicted molar refractivity (Wildman–Crippen MR) is 201 cm³/mol. The highest BCUT2D eigenvalue weighted by molar-refractivity contribution is 6.40. The lowest BCUT2D eigenvalue weighted by atomic mass is 9.85. The summed E-state index contributed by atoms with van der Waals surface area (Å²) in [6.07, 6.45) is 0. The molecule has 216 valence electrons. The van der Waals surface area contributed by atoms with E-state index in [9.17, 15) is 0 Å². The Morgan fingerprint density at radius 3 is 1.47 bits per heavy atom. The topological polar surface area (TPSA) is 13.1 Å². The third-order valence-electron chi connectivity index (χ3n) is 10.4. The molecule has 0 saturated carbocycles. The smallest absolute Gasteiger partial charge is 0.143 e. The minimum absolute atomic E-state index is 0.920. The molecule has 47 heavy (non-hydrogen) atoms. The largest absolute Gasteiger partial charge is 0.455 e. The van der Waals surface area contributed by atoms with Gasteiger partial charge in [-0.2, -0.15) is 0 Å². The molecule has 1 heterocycles. The van der Waals surface area contributed by atoms with Gasteiger partial charge in [-0.3, -0.25) is 0 Å². The van der Waals surface area contributed by atoms with Crippen LogP contribution in [-0.4, -0.2) is 0 Å². The Kier molecular flexibility index (Phi) is 4.90. The second kappa shape index (κ2) is 9.19. The molecule has 0 unspecified atom stereocenters.